The van der Waals surface area contributed by atoms with Gasteiger partial charge in [0.1, 0.15) is 0 Å². The lowest BCUT2D eigenvalue weighted by Gasteiger charge is -2.31. The van der Waals surface area contributed by atoms with E-state index in [-0.39, 0.29) is 40.5 Å². The van der Waals surface area contributed by atoms with Crippen molar-refractivity contribution in [3.63, 3.8) is 0 Å². The van der Waals surface area contributed by atoms with Gasteiger partial charge < -0.3 is 38.6 Å². The van der Waals surface area contributed by atoms with Crippen LogP contribution < -0.4 is 34.8 Å². The van der Waals surface area contributed by atoms with Gasteiger partial charge in [-0.3, -0.25) is 4.79 Å². The minimum absolute atomic E-state index is 0.0131. The molecule has 230 valence electrons. The van der Waals surface area contributed by atoms with Crippen LogP contribution in [0.4, 0.5) is 11.6 Å². The average Bonchev–Trinajstić information content (AvgIpc) is 3.65. The highest BCUT2D eigenvalue weighted by atomic mass is 28.3. The van der Waals surface area contributed by atoms with Crippen LogP contribution in [0.25, 0.3) is 0 Å². The lowest BCUT2D eigenvalue weighted by Crippen LogP contribution is -2.44. The summed E-state index contributed by atoms with van der Waals surface area (Å²) in [7, 11) is 2.70. The van der Waals surface area contributed by atoms with Crippen molar-refractivity contribution in [1.82, 2.24) is 19.5 Å². The lowest BCUT2D eigenvalue weighted by molar-refractivity contribution is 0.0990. The average molecular weight is 609 g/mol. The van der Waals surface area contributed by atoms with Crippen LogP contribution in [0, 0.1) is 5.41 Å². The monoisotopic (exact) mass is 608 g/mol. The number of amides is 1. The van der Waals surface area contributed by atoms with Crippen molar-refractivity contribution in [2.45, 2.75) is 46.5 Å². The summed E-state index contributed by atoms with van der Waals surface area (Å²) in [5, 5.41) is 7.09. The summed E-state index contributed by atoms with van der Waals surface area (Å²) < 4.78 is 30.2. The molecule has 0 aliphatic rings. The summed E-state index contributed by atoms with van der Waals surface area (Å²) >= 11 is 0. The number of nitrogens with one attached hydrogen (secondary N) is 2. The predicted molar refractivity (Wildman–Crippen MR) is 167 cm³/mol. The van der Waals surface area contributed by atoms with E-state index in [0.29, 0.717) is 24.6 Å². The first-order valence-corrected chi connectivity index (χ1v) is 17.1. The van der Waals surface area contributed by atoms with Crippen LogP contribution in [0.1, 0.15) is 31.3 Å². The van der Waals surface area contributed by atoms with E-state index in [0.717, 1.165) is 6.04 Å². The third kappa shape index (κ3) is 8.06. The summed E-state index contributed by atoms with van der Waals surface area (Å²) in [5.74, 6) is 1.21. The van der Waals surface area contributed by atoms with Gasteiger partial charge in [0, 0.05) is 31.5 Å². The molecule has 0 atom stereocenters. The Hall–Kier alpha value is -4.52. The van der Waals surface area contributed by atoms with Crippen LogP contribution in [-0.2, 0) is 6.54 Å². The first kappa shape index (κ1) is 31.4. The standard InChI is InChI=1S/C30H40N6O6Si/c1-30(2,3)18-43(7,8)20-9-10-21(38-4)23(17-20)42-24-12-11-22(41-24)26(37)33-25-27(39-5)34-29(35-28(25)40-6)32-14-16-36-15-13-31-19-36/h9-13,15,17,19H,14,16,18H2,1-8H3,(H,33,37)(H,32,34,35). The Bertz CT molecular complexity index is 1510. The Morgan fingerprint density at radius 2 is 1.72 bits per heavy atom. The van der Waals surface area contributed by atoms with Crippen molar-refractivity contribution in [3.05, 3.63) is 54.8 Å². The molecule has 1 amide bonds. The zero-order chi connectivity index (χ0) is 31.2. The number of nitrogens with zero attached hydrogens (tertiary/aromatic N) is 4. The molecule has 1 aromatic carbocycles. The Morgan fingerprint density at radius 3 is 2.33 bits per heavy atom. The molecule has 4 rings (SSSR count). The fourth-order valence-corrected chi connectivity index (χ4v) is 8.92. The second-order valence-electron chi connectivity index (χ2n) is 11.8. The molecule has 3 heterocycles. The van der Waals surface area contributed by atoms with E-state index < -0.39 is 14.0 Å². The van der Waals surface area contributed by atoms with Gasteiger partial charge in [0.2, 0.25) is 17.7 Å². The van der Waals surface area contributed by atoms with Crippen LogP contribution in [0.3, 0.4) is 0 Å². The van der Waals surface area contributed by atoms with Gasteiger partial charge in [0.05, 0.1) is 35.7 Å². The molecule has 0 spiro atoms. The van der Waals surface area contributed by atoms with Gasteiger partial charge in [-0.05, 0) is 29.7 Å². The Labute approximate surface area is 252 Å². The second-order valence-corrected chi connectivity index (χ2v) is 16.5. The number of imidazole rings is 1. The highest BCUT2D eigenvalue weighted by molar-refractivity contribution is 6.89. The zero-order valence-corrected chi connectivity index (χ0v) is 27.0. The van der Waals surface area contributed by atoms with E-state index in [2.05, 4.69) is 65.5 Å². The Balaban J connectivity index is 1.49. The van der Waals surface area contributed by atoms with Crippen molar-refractivity contribution in [1.29, 1.82) is 0 Å². The summed E-state index contributed by atoms with van der Waals surface area (Å²) in [6, 6.07) is 10.2. The van der Waals surface area contributed by atoms with Crippen LogP contribution >= 0.6 is 0 Å². The quantitative estimate of drug-likeness (QED) is 0.190. The van der Waals surface area contributed by atoms with Crippen molar-refractivity contribution in [2.24, 2.45) is 5.41 Å². The van der Waals surface area contributed by atoms with Gasteiger partial charge in [0.25, 0.3) is 11.9 Å². The molecule has 0 fully saturated rings. The normalized spacial score (nSPS) is 11.6. The number of rotatable bonds is 13. The number of ether oxygens (including phenoxy) is 4. The summed E-state index contributed by atoms with van der Waals surface area (Å²) in [6.45, 7) is 12.6. The largest absolute Gasteiger partial charge is 0.493 e. The van der Waals surface area contributed by atoms with E-state index in [1.54, 1.807) is 25.7 Å². The van der Waals surface area contributed by atoms with Gasteiger partial charge in [0.15, 0.2) is 22.9 Å². The van der Waals surface area contributed by atoms with E-state index in [4.69, 9.17) is 23.4 Å². The molecule has 0 saturated heterocycles. The minimum Gasteiger partial charge on any atom is -0.493 e. The molecule has 0 aliphatic carbocycles. The van der Waals surface area contributed by atoms with E-state index in [1.807, 2.05) is 22.9 Å². The Kier molecular flexibility index (Phi) is 9.64. The second kappa shape index (κ2) is 13.2. The molecule has 43 heavy (non-hydrogen) atoms. The fraction of sp³-hybridized carbons (Fsp3) is 0.400. The topological polar surface area (TPSA) is 135 Å². The highest BCUT2D eigenvalue weighted by Crippen LogP contribution is 2.36. The summed E-state index contributed by atoms with van der Waals surface area (Å²) in [6.07, 6.45) is 5.29. The molecular formula is C30H40N6O6Si. The summed E-state index contributed by atoms with van der Waals surface area (Å²) in [5.41, 5.74) is 0.364. The fourth-order valence-electron chi connectivity index (χ4n) is 5.00. The van der Waals surface area contributed by atoms with Crippen LogP contribution in [0.5, 0.6) is 29.2 Å². The number of anilines is 2. The van der Waals surface area contributed by atoms with Crippen LogP contribution in [0.2, 0.25) is 19.1 Å². The van der Waals surface area contributed by atoms with Gasteiger partial charge in [-0.1, -0.05) is 45.1 Å². The number of hydrogen-bond acceptors (Lipinski definition) is 10. The zero-order valence-electron chi connectivity index (χ0n) is 26.0. The number of methoxy groups -OCH3 is 3. The van der Waals surface area contributed by atoms with Gasteiger partial charge >= 0.3 is 0 Å². The number of carbonyl (C=O) groups is 1. The molecule has 3 aromatic heterocycles. The molecule has 12 nitrogen and oxygen atoms in total. The van der Waals surface area contributed by atoms with Gasteiger partial charge in [-0.25, -0.2) is 4.98 Å². The molecule has 4 aromatic rings. The first-order chi connectivity index (χ1) is 20.4. The first-order valence-electron chi connectivity index (χ1n) is 13.9. The molecule has 0 unspecified atom stereocenters. The van der Waals surface area contributed by atoms with Gasteiger partial charge in [-0.15, -0.1) is 0 Å². The smallest absolute Gasteiger partial charge is 0.291 e. The van der Waals surface area contributed by atoms with Crippen molar-refractivity contribution in [2.75, 3.05) is 38.5 Å². The third-order valence-electron chi connectivity index (χ3n) is 6.61. The minimum atomic E-state index is -1.77. The van der Waals surface area contributed by atoms with Crippen molar-refractivity contribution in [3.8, 4) is 29.2 Å². The number of benzene rings is 1. The molecule has 0 radical (unpaired) electrons. The van der Waals surface area contributed by atoms with E-state index in [1.165, 1.54) is 25.5 Å². The maximum absolute atomic E-state index is 13.2. The maximum Gasteiger partial charge on any atom is 0.291 e. The van der Waals surface area contributed by atoms with Crippen molar-refractivity contribution < 1.29 is 28.2 Å². The highest BCUT2D eigenvalue weighted by Gasteiger charge is 2.30. The number of aromatic nitrogens is 4. The molecular weight excluding hydrogens is 568 g/mol. The number of furan rings is 1. The van der Waals surface area contributed by atoms with Crippen molar-refractivity contribution >= 4 is 30.8 Å². The predicted octanol–water partition coefficient (Wildman–Crippen LogP) is 5.41. The molecule has 0 bridgehead atoms. The van der Waals surface area contributed by atoms with E-state index >= 15 is 0 Å². The maximum atomic E-state index is 13.2. The SMILES string of the molecule is COc1ccc([Si](C)(C)CC(C)(C)C)cc1Oc1ccc(C(=O)Nc2c(OC)nc(NCCn3ccnc3)nc2OC)o1. The van der Waals surface area contributed by atoms with E-state index in [9.17, 15) is 4.79 Å². The van der Waals surface area contributed by atoms with Crippen LogP contribution in [0.15, 0.2) is 53.5 Å². The Morgan fingerprint density at radius 1 is 1.00 bits per heavy atom. The molecule has 2 N–H and O–H groups in total. The van der Waals surface area contributed by atoms with Gasteiger partial charge in [-0.2, -0.15) is 9.97 Å². The number of carbonyl (C=O) groups excluding carboxylic acids is 1. The third-order valence-corrected chi connectivity index (χ3v) is 10.4. The molecule has 0 saturated carbocycles. The molecule has 0 aliphatic heterocycles. The number of hydrogen-bond donors (Lipinski definition) is 2. The lowest BCUT2D eigenvalue weighted by atomic mass is 10.0. The van der Waals surface area contributed by atoms with Crippen LogP contribution in [-0.4, -0.2) is 61.4 Å². The summed E-state index contributed by atoms with van der Waals surface area (Å²) in [4.78, 5) is 25.9. The molecule has 13 heteroatoms.